The molecule has 1 aliphatic heterocycles. The molecule has 1 heterocycles. The summed E-state index contributed by atoms with van der Waals surface area (Å²) in [4.78, 5) is 0. The van der Waals surface area contributed by atoms with E-state index in [0.29, 0.717) is 19.8 Å². The minimum absolute atomic E-state index is 0. The first-order valence-electron chi connectivity index (χ1n) is 6.85. The molecule has 1 aromatic carbocycles. The number of halogens is 1. The van der Waals surface area contributed by atoms with Crippen molar-refractivity contribution >= 4 is 12.4 Å². The minimum atomic E-state index is 0. The molecule has 2 rings (SSSR count). The molecule has 1 N–H and O–H groups in total. The van der Waals surface area contributed by atoms with E-state index < -0.39 is 0 Å². The topological polar surface area (TPSA) is 30.5 Å². The Kier molecular flexibility index (Phi) is 8.84. The molecule has 0 radical (unpaired) electrons. The van der Waals surface area contributed by atoms with E-state index in [0.717, 1.165) is 25.6 Å². The van der Waals surface area contributed by atoms with Gasteiger partial charge in [0.25, 0.3) is 0 Å². The van der Waals surface area contributed by atoms with E-state index in [9.17, 15) is 0 Å². The quantitative estimate of drug-likeness (QED) is 0.781. The van der Waals surface area contributed by atoms with Gasteiger partial charge < -0.3 is 14.8 Å². The molecular formula is C15H24ClNO2. The van der Waals surface area contributed by atoms with Crippen LogP contribution in [-0.2, 0) is 16.1 Å². The van der Waals surface area contributed by atoms with Crippen LogP contribution in [0.3, 0.4) is 0 Å². The van der Waals surface area contributed by atoms with E-state index in [-0.39, 0.29) is 12.4 Å². The number of piperidine rings is 1. The first-order chi connectivity index (χ1) is 8.95. The SMILES string of the molecule is Cl.c1ccc(COCCOCC2CCNCC2)cc1. The van der Waals surface area contributed by atoms with Crippen molar-refractivity contribution in [3.8, 4) is 0 Å². The highest BCUT2D eigenvalue weighted by Gasteiger charge is 2.12. The van der Waals surface area contributed by atoms with E-state index in [4.69, 9.17) is 9.47 Å². The molecule has 3 nitrogen and oxygen atoms in total. The van der Waals surface area contributed by atoms with E-state index in [2.05, 4.69) is 17.4 Å². The summed E-state index contributed by atoms with van der Waals surface area (Å²) in [5.74, 6) is 0.736. The van der Waals surface area contributed by atoms with Crippen LogP contribution in [0.5, 0.6) is 0 Å². The molecule has 4 heteroatoms. The average Bonchev–Trinajstić information content (AvgIpc) is 2.45. The van der Waals surface area contributed by atoms with Gasteiger partial charge in [-0.05, 0) is 37.4 Å². The molecule has 0 saturated carbocycles. The summed E-state index contributed by atoms with van der Waals surface area (Å²) < 4.78 is 11.2. The molecule has 0 bridgehead atoms. The number of hydrogen-bond acceptors (Lipinski definition) is 3. The van der Waals surface area contributed by atoms with Gasteiger partial charge in [0, 0.05) is 6.61 Å². The third kappa shape index (κ3) is 6.92. The van der Waals surface area contributed by atoms with Gasteiger partial charge in [0.15, 0.2) is 0 Å². The molecule has 0 aromatic heterocycles. The maximum atomic E-state index is 5.66. The smallest absolute Gasteiger partial charge is 0.0718 e. The summed E-state index contributed by atoms with van der Waals surface area (Å²) in [6.07, 6.45) is 2.48. The largest absolute Gasteiger partial charge is 0.379 e. The van der Waals surface area contributed by atoms with Gasteiger partial charge in [-0.3, -0.25) is 0 Å². The Hall–Kier alpha value is -0.610. The van der Waals surface area contributed by atoms with Crippen LogP contribution in [0.25, 0.3) is 0 Å². The number of hydrogen-bond donors (Lipinski definition) is 1. The van der Waals surface area contributed by atoms with Gasteiger partial charge in [-0.25, -0.2) is 0 Å². The average molecular weight is 286 g/mol. The molecule has 0 spiro atoms. The van der Waals surface area contributed by atoms with E-state index in [1.165, 1.54) is 18.4 Å². The summed E-state index contributed by atoms with van der Waals surface area (Å²) in [6.45, 7) is 5.22. The highest BCUT2D eigenvalue weighted by atomic mass is 35.5. The summed E-state index contributed by atoms with van der Waals surface area (Å²) in [6, 6.07) is 10.2. The molecule has 108 valence electrons. The van der Waals surface area contributed by atoms with Crippen molar-refractivity contribution in [2.75, 3.05) is 32.9 Å². The van der Waals surface area contributed by atoms with Gasteiger partial charge in [0.1, 0.15) is 0 Å². The van der Waals surface area contributed by atoms with Crippen molar-refractivity contribution in [2.24, 2.45) is 5.92 Å². The lowest BCUT2D eigenvalue weighted by Gasteiger charge is -2.22. The fourth-order valence-corrected chi connectivity index (χ4v) is 2.18. The first-order valence-corrected chi connectivity index (χ1v) is 6.85. The lowest BCUT2D eigenvalue weighted by atomic mass is 9.99. The Morgan fingerprint density at radius 1 is 1.00 bits per heavy atom. The molecule has 0 unspecified atom stereocenters. The molecule has 1 aliphatic rings. The Bertz CT molecular complexity index is 315. The fraction of sp³-hybridized carbons (Fsp3) is 0.600. The van der Waals surface area contributed by atoms with Crippen molar-refractivity contribution in [1.82, 2.24) is 5.32 Å². The van der Waals surface area contributed by atoms with Crippen molar-refractivity contribution in [3.63, 3.8) is 0 Å². The predicted octanol–water partition coefficient (Wildman–Crippen LogP) is 2.64. The highest BCUT2D eigenvalue weighted by molar-refractivity contribution is 5.85. The van der Waals surface area contributed by atoms with Gasteiger partial charge in [-0.1, -0.05) is 30.3 Å². The second-order valence-corrected chi connectivity index (χ2v) is 4.81. The van der Waals surface area contributed by atoms with Crippen molar-refractivity contribution in [2.45, 2.75) is 19.4 Å². The summed E-state index contributed by atoms with van der Waals surface area (Å²) >= 11 is 0. The normalized spacial score (nSPS) is 16.0. The van der Waals surface area contributed by atoms with Crippen molar-refractivity contribution in [1.29, 1.82) is 0 Å². The van der Waals surface area contributed by atoms with Gasteiger partial charge >= 0.3 is 0 Å². The van der Waals surface area contributed by atoms with Gasteiger partial charge in [-0.15, -0.1) is 12.4 Å². The molecule has 1 saturated heterocycles. The third-order valence-electron chi connectivity index (χ3n) is 3.30. The summed E-state index contributed by atoms with van der Waals surface area (Å²) in [5, 5.41) is 3.36. The predicted molar refractivity (Wildman–Crippen MR) is 79.8 cm³/mol. The molecular weight excluding hydrogens is 262 g/mol. The van der Waals surface area contributed by atoms with Crippen LogP contribution in [0.4, 0.5) is 0 Å². The fourth-order valence-electron chi connectivity index (χ4n) is 2.18. The lowest BCUT2D eigenvalue weighted by Crippen LogP contribution is -2.30. The Morgan fingerprint density at radius 3 is 2.42 bits per heavy atom. The monoisotopic (exact) mass is 285 g/mol. The van der Waals surface area contributed by atoms with Crippen LogP contribution >= 0.6 is 12.4 Å². The Labute approximate surface area is 122 Å². The summed E-state index contributed by atoms with van der Waals surface area (Å²) in [7, 11) is 0. The number of benzene rings is 1. The van der Waals surface area contributed by atoms with Crippen LogP contribution in [0.2, 0.25) is 0 Å². The van der Waals surface area contributed by atoms with Crippen molar-refractivity contribution in [3.05, 3.63) is 35.9 Å². The molecule has 19 heavy (non-hydrogen) atoms. The van der Waals surface area contributed by atoms with E-state index in [1.54, 1.807) is 0 Å². The minimum Gasteiger partial charge on any atom is -0.379 e. The number of ether oxygens (including phenoxy) is 2. The lowest BCUT2D eigenvalue weighted by molar-refractivity contribution is 0.0233. The van der Waals surface area contributed by atoms with Crippen LogP contribution in [0.1, 0.15) is 18.4 Å². The second kappa shape index (κ2) is 10.2. The number of nitrogens with one attached hydrogen (secondary N) is 1. The van der Waals surface area contributed by atoms with Crippen LogP contribution < -0.4 is 5.32 Å². The van der Waals surface area contributed by atoms with Crippen molar-refractivity contribution < 1.29 is 9.47 Å². The second-order valence-electron chi connectivity index (χ2n) is 4.81. The maximum Gasteiger partial charge on any atom is 0.0718 e. The molecule has 1 aromatic rings. The molecule has 0 amide bonds. The van der Waals surface area contributed by atoms with Gasteiger partial charge in [0.05, 0.1) is 19.8 Å². The van der Waals surface area contributed by atoms with E-state index >= 15 is 0 Å². The molecule has 0 atom stereocenters. The zero-order valence-corrected chi connectivity index (χ0v) is 12.2. The summed E-state index contributed by atoms with van der Waals surface area (Å²) in [5.41, 5.74) is 1.22. The maximum absolute atomic E-state index is 5.66. The zero-order valence-electron chi connectivity index (χ0n) is 11.3. The standard InChI is InChI=1S/C15H23NO2.ClH/c1-2-4-14(5-3-1)12-17-10-11-18-13-15-6-8-16-9-7-15;/h1-5,15-16H,6-13H2;1H. The van der Waals surface area contributed by atoms with Crippen LogP contribution in [0, 0.1) is 5.92 Å². The van der Waals surface area contributed by atoms with Crippen LogP contribution in [0.15, 0.2) is 30.3 Å². The highest BCUT2D eigenvalue weighted by Crippen LogP contribution is 2.11. The number of rotatable bonds is 7. The molecule has 0 aliphatic carbocycles. The van der Waals surface area contributed by atoms with Gasteiger partial charge in [-0.2, -0.15) is 0 Å². The van der Waals surface area contributed by atoms with Crippen LogP contribution in [-0.4, -0.2) is 32.9 Å². The van der Waals surface area contributed by atoms with Gasteiger partial charge in [0.2, 0.25) is 0 Å². The third-order valence-corrected chi connectivity index (χ3v) is 3.30. The zero-order chi connectivity index (χ0) is 12.5. The Morgan fingerprint density at radius 2 is 1.68 bits per heavy atom. The van der Waals surface area contributed by atoms with E-state index in [1.807, 2.05) is 18.2 Å². The Balaban J connectivity index is 0.00000180. The first kappa shape index (κ1) is 16.4. The molecule has 1 fully saturated rings.